The number of benzene rings is 2. The number of nitriles is 1. The molecule has 0 aliphatic heterocycles. The average Bonchev–Trinajstić information content (AvgIpc) is 3.53. The van der Waals surface area contributed by atoms with Gasteiger partial charge in [0.2, 0.25) is 10.0 Å². The predicted octanol–water partition coefficient (Wildman–Crippen LogP) is 3.98. The molecule has 0 amide bonds. The third kappa shape index (κ3) is 3.58. The van der Waals surface area contributed by atoms with E-state index in [9.17, 15) is 18.5 Å². The number of methoxy groups -OCH3 is 1. The van der Waals surface area contributed by atoms with Crippen LogP contribution in [0.25, 0.3) is 11.1 Å². The van der Waals surface area contributed by atoms with Crippen molar-refractivity contribution < 1.29 is 17.9 Å². The molecule has 1 aliphatic rings. The number of nitrogens with zero attached hydrogens (tertiary/aromatic N) is 2. The molecule has 1 fully saturated rings. The minimum atomic E-state index is -3.66. The maximum atomic E-state index is 12.8. The molecular formula is C20H19ClN2O4S. The summed E-state index contributed by atoms with van der Waals surface area (Å²) in [5.41, 5.74) is 1.11. The molecule has 0 heterocycles. The van der Waals surface area contributed by atoms with Crippen LogP contribution in [0.4, 0.5) is 5.69 Å². The highest BCUT2D eigenvalue weighted by Crippen LogP contribution is 2.43. The summed E-state index contributed by atoms with van der Waals surface area (Å²) in [5.74, 6) is -0.907. The molecular weight excluding hydrogens is 400 g/mol. The molecule has 146 valence electrons. The minimum absolute atomic E-state index is 0.0583. The first-order valence-corrected chi connectivity index (χ1v) is 10.8. The van der Waals surface area contributed by atoms with Crippen LogP contribution in [0, 0.1) is 11.3 Å². The Hall–Kier alpha value is -2.56. The van der Waals surface area contributed by atoms with Gasteiger partial charge in [-0.1, -0.05) is 41.9 Å². The average molecular weight is 419 g/mol. The molecule has 2 aromatic rings. The lowest BCUT2D eigenvalue weighted by Crippen LogP contribution is -2.35. The third-order valence-electron chi connectivity index (χ3n) is 4.61. The standard InChI is InChI=1S/C20H19ClN2O4S/c1-3-28(25,26)23(14-9-10-14)17-11-15(13-7-5-4-6-8-13)19(21)18(16(17)12-22)20(24)27-2/h4-8,11,14H,3,9-10H2,1-2H3. The van der Waals surface area contributed by atoms with Gasteiger partial charge < -0.3 is 4.74 Å². The molecule has 28 heavy (non-hydrogen) atoms. The Morgan fingerprint density at radius 3 is 2.46 bits per heavy atom. The number of hydrogen-bond donors (Lipinski definition) is 0. The van der Waals surface area contributed by atoms with E-state index in [4.69, 9.17) is 16.3 Å². The summed E-state index contributed by atoms with van der Waals surface area (Å²) in [6.07, 6.45) is 1.39. The number of carbonyl (C=O) groups excluding carboxylic acids is 1. The maximum absolute atomic E-state index is 12.8. The van der Waals surface area contributed by atoms with Gasteiger partial charge in [0.15, 0.2) is 0 Å². The molecule has 0 N–H and O–H groups in total. The van der Waals surface area contributed by atoms with Crippen LogP contribution in [0.15, 0.2) is 36.4 Å². The van der Waals surface area contributed by atoms with Crippen LogP contribution in [0.1, 0.15) is 35.7 Å². The highest BCUT2D eigenvalue weighted by Gasteiger charge is 2.39. The smallest absolute Gasteiger partial charge is 0.340 e. The second kappa shape index (κ2) is 7.82. The monoisotopic (exact) mass is 418 g/mol. The normalized spacial score (nSPS) is 13.6. The van der Waals surface area contributed by atoms with Crippen LogP contribution in [0.3, 0.4) is 0 Å². The molecule has 0 bridgehead atoms. The van der Waals surface area contributed by atoms with Crippen LogP contribution in [0.2, 0.25) is 5.02 Å². The zero-order chi connectivity index (χ0) is 20.5. The molecule has 0 spiro atoms. The minimum Gasteiger partial charge on any atom is -0.465 e. The van der Waals surface area contributed by atoms with Gasteiger partial charge in [-0.25, -0.2) is 13.2 Å². The first-order valence-electron chi connectivity index (χ1n) is 8.78. The molecule has 1 aliphatic carbocycles. The first-order chi connectivity index (χ1) is 13.4. The Balaban J connectivity index is 2.39. The summed E-state index contributed by atoms with van der Waals surface area (Å²) >= 11 is 6.50. The van der Waals surface area contributed by atoms with E-state index in [-0.39, 0.29) is 33.6 Å². The van der Waals surface area contributed by atoms with Crippen molar-refractivity contribution in [1.29, 1.82) is 5.26 Å². The third-order valence-corrected chi connectivity index (χ3v) is 6.83. The van der Waals surface area contributed by atoms with Gasteiger partial charge in [0.05, 0.1) is 34.7 Å². The number of ether oxygens (including phenoxy) is 1. The van der Waals surface area contributed by atoms with E-state index in [2.05, 4.69) is 0 Å². The van der Waals surface area contributed by atoms with Crippen LogP contribution in [-0.2, 0) is 14.8 Å². The van der Waals surface area contributed by atoms with Gasteiger partial charge >= 0.3 is 5.97 Å². The zero-order valence-electron chi connectivity index (χ0n) is 15.5. The highest BCUT2D eigenvalue weighted by molar-refractivity contribution is 7.92. The van der Waals surface area contributed by atoms with Gasteiger partial charge in [0, 0.05) is 11.6 Å². The van der Waals surface area contributed by atoms with Crippen molar-refractivity contribution in [2.75, 3.05) is 17.2 Å². The Kier molecular flexibility index (Phi) is 5.64. The van der Waals surface area contributed by atoms with E-state index in [0.29, 0.717) is 24.0 Å². The predicted molar refractivity (Wildman–Crippen MR) is 108 cm³/mol. The fourth-order valence-electron chi connectivity index (χ4n) is 3.08. The van der Waals surface area contributed by atoms with E-state index in [1.807, 2.05) is 24.3 Å². The topological polar surface area (TPSA) is 87.5 Å². The fourth-order valence-corrected chi connectivity index (χ4v) is 4.80. The number of halogens is 1. The Bertz CT molecular complexity index is 1060. The number of sulfonamides is 1. The van der Waals surface area contributed by atoms with Crippen LogP contribution in [-0.4, -0.2) is 33.3 Å². The lowest BCUT2D eigenvalue weighted by molar-refractivity contribution is 0.0600. The summed E-state index contributed by atoms with van der Waals surface area (Å²) in [7, 11) is -2.47. The summed E-state index contributed by atoms with van der Waals surface area (Å²) < 4.78 is 31.7. The van der Waals surface area contributed by atoms with E-state index in [1.165, 1.54) is 11.4 Å². The van der Waals surface area contributed by atoms with E-state index >= 15 is 0 Å². The number of hydrogen-bond acceptors (Lipinski definition) is 5. The Labute approximate surface area is 169 Å². The quantitative estimate of drug-likeness (QED) is 0.662. The van der Waals surface area contributed by atoms with Gasteiger partial charge in [0.1, 0.15) is 6.07 Å². The second-order valence-corrected chi connectivity index (χ2v) is 8.92. The van der Waals surface area contributed by atoms with Gasteiger partial charge in [0.25, 0.3) is 0 Å². The van der Waals surface area contributed by atoms with Gasteiger partial charge in [-0.3, -0.25) is 4.31 Å². The van der Waals surface area contributed by atoms with Crippen molar-refractivity contribution >= 4 is 33.3 Å². The number of esters is 1. The van der Waals surface area contributed by atoms with Crippen LogP contribution in [0.5, 0.6) is 0 Å². The van der Waals surface area contributed by atoms with Crippen molar-refractivity contribution in [1.82, 2.24) is 0 Å². The van der Waals surface area contributed by atoms with Gasteiger partial charge in [-0.15, -0.1) is 0 Å². The molecule has 0 unspecified atom stereocenters. The SMILES string of the molecule is CCS(=O)(=O)N(c1cc(-c2ccccc2)c(Cl)c(C(=O)OC)c1C#N)C1CC1. The molecule has 6 nitrogen and oxygen atoms in total. The highest BCUT2D eigenvalue weighted by atomic mass is 35.5. The molecule has 3 rings (SSSR count). The fraction of sp³-hybridized carbons (Fsp3) is 0.300. The molecule has 0 saturated heterocycles. The first kappa shape index (κ1) is 20.2. The number of carbonyl (C=O) groups is 1. The van der Waals surface area contributed by atoms with E-state index in [0.717, 1.165) is 0 Å². The molecule has 0 radical (unpaired) electrons. The lowest BCUT2D eigenvalue weighted by atomic mass is 9.97. The molecule has 0 aromatic heterocycles. The zero-order valence-corrected chi connectivity index (χ0v) is 17.0. The largest absolute Gasteiger partial charge is 0.465 e. The van der Waals surface area contributed by atoms with Crippen molar-refractivity contribution in [2.24, 2.45) is 0 Å². The van der Waals surface area contributed by atoms with Crippen molar-refractivity contribution in [3.05, 3.63) is 52.5 Å². The summed E-state index contributed by atoms with van der Waals surface area (Å²) in [6, 6.07) is 12.4. The van der Waals surface area contributed by atoms with Gasteiger partial charge in [-0.2, -0.15) is 5.26 Å². The Morgan fingerprint density at radius 1 is 1.32 bits per heavy atom. The van der Waals surface area contributed by atoms with E-state index < -0.39 is 16.0 Å². The van der Waals surface area contributed by atoms with Crippen LogP contribution < -0.4 is 4.31 Å². The maximum Gasteiger partial charge on any atom is 0.340 e. The molecule has 1 saturated carbocycles. The Morgan fingerprint density at radius 2 is 1.96 bits per heavy atom. The summed E-state index contributed by atoms with van der Waals surface area (Å²) in [5, 5.41) is 9.84. The molecule has 2 aromatic carbocycles. The van der Waals surface area contributed by atoms with Crippen LogP contribution >= 0.6 is 11.6 Å². The summed E-state index contributed by atoms with van der Waals surface area (Å²) in [4.78, 5) is 12.5. The van der Waals surface area contributed by atoms with Crippen molar-refractivity contribution in [2.45, 2.75) is 25.8 Å². The van der Waals surface area contributed by atoms with Crippen molar-refractivity contribution in [3.8, 4) is 17.2 Å². The summed E-state index contributed by atoms with van der Waals surface area (Å²) in [6.45, 7) is 1.55. The molecule has 8 heteroatoms. The lowest BCUT2D eigenvalue weighted by Gasteiger charge is -2.26. The van der Waals surface area contributed by atoms with E-state index in [1.54, 1.807) is 25.1 Å². The molecule has 0 atom stereocenters. The number of anilines is 1. The second-order valence-electron chi connectivity index (χ2n) is 6.40. The van der Waals surface area contributed by atoms with Gasteiger partial charge in [-0.05, 0) is 31.4 Å². The number of rotatable bonds is 6. The van der Waals surface area contributed by atoms with Crippen molar-refractivity contribution in [3.63, 3.8) is 0 Å².